The van der Waals surface area contributed by atoms with Crippen molar-refractivity contribution >= 4 is 33.4 Å². The first-order valence-corrected chi connectivity index (χ1v) is 8.17. The molecule has 1 fully saturated rings. The summed E-state index contributed by atoms with van der Waals surface area (Å²) in [5, 5.41) is 17.7. The number of hydrogen-bond acceptors (Lipinski definition) is 4. The van der Waals surface area contributed by atoms with Gasteiger partial charge in [-0.1, -0.05) is 6.92 Å². The Hall–Kier alpha value is -2.89. The lowest BCUT2D eigenvalue weighted by Crippen LogP contribution is -2.02. The van der Waals surface area contributed by atoms with Crippen LogP contribution < -0.4 is 5.32 Å². The molecule has 0 radical (unpaired) electrons. The van der Waals surface area contributed by atoms with E-state index in [9.17, 15) is 0 Å². The van der Waals surface area contributed by atoms with Crippen LogP contribution in [0.15, 0.2) is 36.5 Å². The monoisotopic (exact) mass is 318 g/mol. The second-order valence-corrected chi connectivity index (χ2v) is 6.86. The normalized spacial score (nSPS) is 15.9. The maximum Gasteiger partial charge on any atom is 0.183 e. The van der Waals surface area contributed by atoms with Crippen molar-refractivity contribution in [3.05, 3.63) is 42.2 Å². The number of nitrogens with zero attached hydrogens (tertiary/aromatic N) is 4. The van der Waals surface area contributed by atoms with Crippen LogP contribution in [0.4, 0.5) is 11.5 Å². The van der Waals surface area contributed by atoms with Crippen molar-refractivity contribution in [2.45, 2.75) is 25.2 Å². The zero-order chi connectivity index (χ0) is 16.3. The molecule has 1 aliphatic rings. The minimum atomic E-state index is 0.264. The molecular weight excluding hydrogens is 300 g/mol. The van der Waals surface area contributed by atoms with E-state index >= 15 is 0 Å². The summed E-state index contributed by atoms with van der Waals surface area (Å²) in [6, 6.07) is 10.3. The maximum absolute atomic E-state index is 4.77. The predicted molar refractivity (Wildman–Crippen MR) is 94.5 cm³/mol. The molecule has 0 aliphatic heterocycles. The number of aryl methyl sites for hydroxylation is 1. The Morgan fingerprint density at radius 3 is 2.92 bits per heavy atom. The van der Waals surface area contributed by atoms with Gasteiger partial charge in [-0.2, -0.15) is 10.2 Å². The minimum absolute atomic E-state index is 0.264. The fourth-order valence-corrected chi connectivity index (χ4v) is 3.30. The van der Waals surface area contributed by atoms with E-state index in [2.05, 4.69) is 45.6 Å². The van der Waals surface area contributed by atoms with Crippen LogP contribution in [0.5, 0.6) is 0 Å². The molecule has 1 aromatic carbocycles. The molecule has 0 spiro atoms. The Balaban J connectivity index is 1.57. The van der Waals surface area contributed by atoms with Gasteiger partial charge in [0.25, 0.3) is 0 Å². The van der Waals surface area contributed by atoms with E-state index in [1.807, 2.05) is 23.9 Å². The number of anilines is 2. The van der Waals surface area contributed by atoms with Gasteiger partial charge in [0.1, 0.15) is 5.82 Å². The van der Waals surface area contributed by atoms with Gasteiger partial charge in [0.05, 0.1) is 16.6 Å². The van der Waals surface area contributed by atoms with E-state index in [0.29, 0.717) is 5.65 Å². The zero-order valence-corrected chi connectivity index (χ0v) is 13.7. The van der Waals surface area contributed by atoms with E-state index in [1.165, 1.54) is 23.9 Å². The topological polar surface area (TPSA) is 71.4 Å². The number of aromatic amines is 1. The van der Waals surface area contributed by atoms with Crippen molar-refractivity contribution in [3.8, 4) is 0 Å². The third kappa shape index (κ3) is 1.92. The Kier molecular flexibility index (Phi) is 2.58. The van der Waals surface area contributed by atoms with Crippen molar-refractivity contribution in [2.24, 2.45) is 7.05 Å². The van der Waals surface area contributed by atoms with Crippen LogP contribution in [0.25, 0.3) is 21.9 Å². The Labute approximate surface area is 138 Å². The van der Waals surface area contributed by atoms with Gasteiger partial charge in [0.2, 0.25) is 0 Å². The second-order valence-electron chi connectivity index (χ2n) is 6.86. The Morgan fingerprint density at radius 2 is 2.08 bits per heavy atom. The molecule has 0 saturated heterocycles. The summed E-state index contributed by atoms with van der Waals surface area (Å²) < 4.78 is 1.98. The summed E-state index contributed by atoms with van der Waals surface area (Å²) in [5.41, 5.74) is 4.35. The number of hydrogen-bond donors (Lipinski definition) is 2. The zero-order valence-electron chi connectivity index (χ0n) is 13.7. The van der Waals surface area contributed by atoms with E-state index in [0.717, 1.165) is 22.4 Å². The highest BCUT2D eigenvalue weighted by Crippen LogP contribution is 2.49. The van der Waals surface area contributed by atoms with E-state index in [-0.39, 0.29) is 5.41 Å². The van der Waals surface area contributed by atoms with Gasteiger partial charge < -0.3 is 5.32 Å². The third-order valence-corrected chi connectivity index (χ3v) is 5.02. The summed E-state index contributed by atoms with van der Waals surface area (Å²) in [6.45, 7) is 2.30. The lowest BCUT2D eigenvalue weighted by molar-refractivity contribution is 0.693. The molecule has 0 bridgehead atoms. The molecule has 0 atom stereocenters. The van der Waals surface area contributed by atoms with Gasteiger partial charge >= 0.3 is 0 Å². The first-order valence-electron chi connectivity index (χ1n) is 8.17. The maximum atomic E-state index is 4.77. The van der Waals surface area contributed by atoms with Crippen LogP contribution in [0, 0.1) is 0 Å². The van der Waals surface area contributed by atoms with Crippen molar-refractivity contribution in [1.82, 2.24) is 25.0 Å². The van der Waals surface area contributed by atoms with Crippen molar-refractivity contribution in [2.75, 3.05) is 5.32 Å². The number of H-pyrrole nitrogens is 1. The standard InChI is InChI=1S/C18H18N6/c1-18(7-8-18)15-12-6-5-11(10-14(12)24(2)23-15)20-17-13-4-3-9-19-16(13)21-22-17/h3-6,9-10H,7-8H2,1-2H3,(H2,19,20,21,22). The number of rotatable bonds is 3. The fraction of sp³-hybridized carbons (Fsp3) is 0.278. The summed E-state index contributed by atoms with van der Waals surface area (Å²) in [4.78, 5) is 4.25. The molecule has 6 heteroatoms. The lowest BCUT2D eigenvalue weighted by atomic mass is 10.0. The van der Waals surface area contributed by atoms with E-state index in [4.69, 9.17) is 5.10 Å². The summed E-state index contributed by atoms with van der Waals surface area (Å²) >= 11 is 0. The molecule has 24 heavy (non-hydrogen) atoms. The first kappa shape index (κ1) is 13.5. The highest BCUT2D eigenvalue weighted by Gasteiger charge is 2.42. The average molecular weight is 318 g/mol. The molecule has 1 saturated carbocycles. The van der Waals surface area contributed by atoms with Crippen molar-refractivity contribution < 1.29 is 0 Å². The summed E-state index contributed by atoms with van der Waals surface area (Å²) in [7, 11) is 2.01. The number of aromatic nitrogens is 5. The van der Waals surface area contributed by atoms with Crippen molar-refractivity contribution in [1.29, 1.82) is 0 Å². The lowest BCUT2D eigenvalue weighted by Gasteiger charge is -2.06. The summed E-state index contributed by atoms with van der Waals surface area (Å²) in [5.74, 6) is 0.856. The molecule has 5 rings (SSSR count). The minimum Gasteiger partial charge on any atom is -0.340 e. The van der Waals surface area contributed by atoms with Gasteiger partial charge in [0, 0.05) is 29.7 Å². The van der Waals surface area contributed by atoms with Crippen LogP contribution >= 0.6 is 0 Å². The van der Waals surface area contributed by atoms with Gasteiger partial charge in [0.15, 0.2) is 5.65 Å². The number of benzene rings is 1. The van der Waals surface area contributed by atoms with Gasteiger partial charge in [-0.25, -0.2) is 4.98 Å². The largest absolute Gasteiger partial charge is 0.340 e. The fourth-order valence-electron chi connectivity index (χ4n) is 3.30. The van der Waals surface area contributed by atoms with Gasteiger partial charge in [-0.15, -0.1) is 0 Å². The molecule has 6 nitrogen and oxygen atoms in total. The molecule has 120 valence electrons. The van der Waals surface area contributed by atoms with Crippen LogP contribution in [0.2, 0.25) is 0 Å². The van der Waals surface area contributed by atoms with E-state index in [1.54, 1.807) is 6.20 Å². The van der Waals surface area contributed by atoms with E-state index < -0.39 is 0 Å². The molecule has 3 aromatic heterocycles. The molecule has 4 aromatic rings. The highest BCUT2D eigenvalue weighted by molar-refractivity contribution is 5.91. The van der Waals surface area contributed by atoms with Crippen molar-refractivity contribution in [3.63, 3.8) is 0 Å². The predicted octanol–water partition coefficient (Wildman–Crippen LogP) is 3.64. The molecule has 3 heterocycles. The van der Waals surface area contributed by atoms with Crippen LogP contribution in [0.3, 0.4) is 0 Å². The van der Waals surface area contributed by atoms with Crippen LogP contribution in [0.1, 0.15) is 25.5 Å². The second kappa shape index (κ2) is 4.56. The number of pyridine rings is 1. The third-order valence-electron chi connectivity index (χ3n) is 5.02. The number of fused-ring (bicyclic) bond motifs is 2. The summed E-state index contributed by atoms with van der Waals surface area (Å²) in [6.07, 6.45) is 4.20. The SMILES string of the molecule is Cn1nc(C2(C)CC2)c2ccc(Nc3[nH]nc4ncccc34)cc21. The highest BCUT2D eigenvalue weighted by atomic mass is 15.3. The Bertz CT molecular complexity index is 1070. The number of nitrogens with one attached hydrogen (secondary N) is 2. The molecule has 0 unspecified atom stereocenters. The molecule has 1 aliphatic carbocycles. The van der Waals surface area contributed by atoms with Crippen LogP contribution in [-0.4, -0.2) is 25.0 Å². The van der Waals surface area contributed by atoms with Gasteiger partial charge in [-0.3, -0.25) is 9.78 Å². The average Bonchev–Trinajstić information content (AvgIpc) is 3.08. The Morgan fingerprint density at radius 1 is 1.21 bits per heavy atom. The van der Waals surface area contributed by atoms with Crippen LogP contribution in [-0.2, 0) is 12.5 Å². The smallest absolute Gasteiger partial charge is 0.183 e. The molecular formula is C18H18N6. The molecule has 2 N–H and O–H groups in total. The van der Waals surface area contributed by atoms with Gasteiger partial charge in [-0.05, 0) is 43.2 Å². The quantitative estimate of drug-likeness (QED) is 0.605. The first-order chi connectivity index (χ1) is 11.6. The molecule has 0 amide bonds.